The minimum atomic E-state index is 0.878. The molecule has 0 spiro atoms. The molecular formula is C22H24N2O. The highest BCUT2D eigenvalue weighted by Crippen LogP contribution is 2.23. The molecule has 3 nitrogen and oxygen atoms in total. The van der Waals surface area contributed by atoms with Crippen LogP contribution in [0.3, 0.4) is 0 Å². The zero-order valence-corrected chi connectivity index (χ0v) is 14.5. The van der Waals surface area contributed by atoms with Gasteiger partial charge in [-0.1, -0.05) is 24.3 Å². The van der Waals surface area contributed by atoms with Gasteiger partial charge in [0.05, 0.1) is 0 Å². The van der Waals surface area contributed by atoms with Crippen LogP contribution in [0.5, 0.6) is 11.5 Å². The Bertz CT molecular complexity index is 770. The zero-order chi connectivity index (χ0) is 16.9. The highest BCUT2D eigenvalue weighted by atomic mass is 16.5. The molecule has 0 atom stereocenters. The van der Waals surface area contributed by atoms with Gasteiger partial charge in [-0.3, -0.25) is 4.90 Å². The predicted octanol–water partition coefficient (Wildman–Crippen LogP) is 4.92. The summed E-state index contributed by atoms with van der Waals surface area (Å²) in [7, 11) is 0. The van der Waals surface area contributed by atoms with Crippen molar-refractivity contribution in [3.8, 4) is 11.5 Å². The van der Waals surface area contributed by atoms with Gasteiger partial charge in [-0.05, 0) is 73.5 Å². The topological polar surface area (TPSA) is 17.4 Å². The van der Waals surface area contributed by atoms with E-state index in [1.54, 1.807) is 0 Å². The molecule has 1 aliphatic heterocycles. The molecule has 1 aliphatic rings. The standard InChI is InChI=1S/C22H24N2O/c1-2-14-23(13-1)17-19-5-9-21(10-6-19)25-22-11-7-20(8-12-22)18-24-15-3-4-16-24/h1-2,5-14H,3-4,15-18H2. The summed E-state index contributed by atoms with van der Waals surface area (Å²) in [5.74, 6) is 1.77. The van der Waals surface area contributed by atoms with Gasteiger partial charge >= 0.3 is 0 Å². The molecule has 0 radical (unpaired) electrons. The number of nitrogens with zero attached hydrogens (tertiary/aromatic N) is 2. The van der Waals surface area contributed by atoms with Crippen molar-refractivity contribution in [2.75, 3.05) is 13.1 Å². The van der Waals surface area contributed by atoms with Crippen LogP contribution >= 0.6 is 0 Å². The molecule has 25 heavy (non-hydrogen) atoms. The van der Waals surface area contributed by atoms with Crippen molar-refractivity contribution < 1.29 is 4.74 Å². The van der Waals surface area contributed by atoms with Gasteiger partial charge in [-0.25, -0.2) is 0 Å². The highest BCUT2D eigenvalue weighted by Gasteiger charge is 2.11. The summed E-state index contributed by atoms with van der Waals surface area (Å²) in [6.45, 7) is 4.40. The van der Waals surface area contributed by atoms with Gasteiger partial charge in [0.25, 0.3) is 0 Å². The van der Waals surface area contributed by atoms with E-state index in [-0.39, 0.29) is 0 Å². The molecule has 2 aromatic carbocycles. The molecule has 4 rings (SSSR count). The Morgan fingerprint density at radius 2 is 1.20 bits per heavy atom. The van der Waals surface area contributed by atoms with Gasteiger partial charge in [0.1, 0.15) is 11.5 Å². The van der Waals surface area contributed by atoms with Crippen molar-refractivity contribution in [2.45, 2.75) is 25.9 Å². The zero-order valence-electron chi connectivity index (χ0n) is 14.5. The molecule has 1 aromatic heterocycles. The SMILES string of the molecule is c1ccn(Cc2ccc(Oc3ccc(CN4CCCC4)cc3)cc2)c1. The van der Waals surface area contributed by atoms with Crippen LogP contribution in [0, 0.1) is 0 Å². The summed E-state index contributed by atoms with van der Waals surface area (Å²) in [4.78, 5) is 2.51. The van der Waals surface area contributed by atoms with Gasteiger partial charge in [0, 0.05) is 25.5 Å². The van der Waals surface area contributed by atoms with E-state index in [4.69, 9.17) is 4.74 Å². The summed E-state index contributed by atoms with van der Waals surface area (Å²) in [6, 6.07) is 20.9. The summed E-state index contributed by atoms with van der Waals surface area (Å²) in [6.07, 6.45) is 6.82. The Hall–Kier alpha value is -2.52. The molecular weight excluding hydrogens is 308 g/mol. The fourth-order valence-corrected chi connectivity index (χ4v) is 3.35. The van der Waals surface area contributed by atoms with E-state index in [1.807, 2.05) is 24.3 Å². The Balaban J connectivity index is 1.34. The second kappa shape index (κ2) is 7.58. The number of hydrogen-bond donors (Lipinski definition) is 0. The minimum Gasteiger partial charge on any atom is -0.457 e. The lowest BCUT2D eigenvalue weighted by Gasteiger charge is -2.14. The summed E-state index contributed by atoms with van der Waals surface area (Å²) >= 11 is 0. The number of aromatic nitrogens is 1. The van der Waals surface area contributed by atoms with E-state index < -0.39 is 0 Å². The third-order valence-corrected chi connectivity index (χ3v) is 4.72. The molecule has 1 fully saturated rings. The molecule has 0 aliphatic carbocycles. The molecule has 2 heterocycles. The third kappa shape index (κ3) is 4.31. The van der Waals surface area contributed by atoms with Crippen molar-refractivity contribution in [3.63, 3.8) is 0 Å². The van der Waals surface area contributed by atoms with E-state index in [9.17, 15) is 0 Å². The van der Waals surface area contributed by atoms with Gasteiger partial charge in [0.2, 0.25) is 0 Å². The first kappa shape index (κ1) is 16.0. The average Bonchev–Trinajstić information content (AvgIpc) is 3.33. The number of ether oxygens (including phenoxy) is 1. The van der Waals surface area contributed by atoms with Crippen LogP contribution in [0.2, 0.25) is 0 Å². The fourth-order valence-electron chi connectivity index (χ4n) is 3.35. The Kier molecular flexibility index (Phi) is 4.84. The molecule has 0 amide bonds. The maximum Gasteiger partial charge on any atom is 0.127 e. The number of rotatable bonds is 6. The van der Waals surface area contributed by atoms with Crippen LogP contribution in [0.15, 0.2) is 73.1 Å². The molecule has 3 heteroatoms. The van der Waals surface area contributed by atoms with Crippen molar-refractivity contribution in [2.24, 2.45) is 0 Å². The first-order valence-corrected chi connectivity index (χ1v) is 9.04. The summed E-state index contributed by atoms with van der Waals surface area (Å²) in [5, 5.41) is 0. The highest BCUT2D eigenvalue weighted by molar-refractivity contribution is 5.34. The Morgan fingerprint density at radius 1 is 0.680 bits per heavy atom. The third-order valence-electron chi connectivity index (χ3n) is 4.72. The van der Waals surface area contributed by atoms with E-state index in [0.717, 1.165) is 24.6 Å². The normalized spacial score (nSPS) is 14.7. The van der Waals surface area contributed by atoms with Gasteiger partial charge in [-0.15, -0.1) is 0 Å². The lowest BCUT2D eigenvalue weighted by Crippen LogP contribution is -2.18. The summed E-state index contributed by atoms with van der Waals surface area (Å²) in [5.41, 5.74) is 2.63. The maximum absolute atomic E-state index is 5.97. The van der Waals surface area contributed by atoms with Crippen LogP contribution in [0.1, 0.15) is 24.0 Å². The number of likely N-dealkylation sites (tertiary alicyclic amines) is 1. The second-order valence-electron chi connectivity index (χ2n) is 6.73. The Labute approximate surface area is 149 Å². The van der Waals surface area contributed by atoms with Crippen LogP contribution < -0.4 is 4.74 Å². The average molecular weight is 332 g/mol. The second-order valence-corrected chi connectivity index (χ2v) is 6.73. The maximum atomic E-state index is 5.97. The number of benzene rings is 2. The number of hydrogen-bond acceptors (Lipinski definition) is 2. The molecule has 0 unspecified atom stereocenters. The van der Waals surface area contributed by atoms with E-state index in [0.29, 0.717) is 0 Å². The van der Waals surface area contributed by atoms with E-state index in [1.165, 1.54) is 37.1 Å². The molecule has 1 saturated heterocycles. The van der Waals surface area contributed by atoms with Gasteiger partial charge < -0.3 is 9.30 Å². The first-order chi connectivity index (χ1) is 12.3. The minimum absolute atomic E-state index is 0.878. The monoisotopic (exact) mass is 332 g/mol. The Morgan fingerprint density at radius 3 is 1.76 bits per heavy atom. The van der Waals surface area contributed by atoms with Crippen LogP contribution in [-0.2, 0) is 13.1 Å². The van der Waals surface area contributed by atoms with Crippen molar-refractivity contribution >= 4 is 0 Å². The van der Waals surface area contributed by atoms with Crippen molar-refractivity contribution in [3.05, 3.63) is 84.2 Å². The lowest BCUT2D eigenvalue weighted by molar-refractivity contribution is 0.331. The first-order valence-electron chi connectivity index (χ1n) is 9.04. The van der Waals surface area contributed by atoms with E-state index >= 15 is 0 Å². The molecule has 0 N–H and O–H groups in total. The fraction of sp³-hybridized carbons (Fsp3) is 0.273. The van der Waals surface area contributed by atoms with Gasteiger partial charge in [0.15, 0.2) is 0 Å². The summed E-state index contributed by atoms with van der Waals surface area (Å²) < 4.78 is 8.13. The van der Waals surface area contributed by atoms with Gasteiger partial charge in [-0.2, -0.15) is 0 Å². The quantitative estimate of drug-likeness (QED) is 0.637. The van der Waals surface area contributed by atoms with E-state index in [2.05, 4.69) is 58.3 Å². The molecule has 128 valence electrons. The molecule has 0 bridgehead atoms. The largest absolute Gasteiger partial charge is 0.457 e. The molecule has 0 saturated carbocycles. The van der Waals surface area contributed by atoms with Crippen molar-refractivity contribution in [1.82, 2.24) is 9.47 Å². The van der Waals surface area contributed by atoms with Crippen LogP contribution in [-0.4, -0.2) is 22.6 Å². The smallest absolute Gasteiger partial charge is 0.127 e. The van der Waals surface area contributed by atoms with Crippen LogP contribution in [0.4, 0.5) is 0 Å². The van der Waals surface area contributed by atoms with Crippen LogP contribution in [0.25, 0.3) is 0 Å². The lowest BCUT2D eigenvalue weighted by atomic mass is 10.2. The predicted molar refractivity (Wildman–Crippen MR) is 101 cm³/mol. The molecule has 3 aromatic rings. The van der Waals surface area contributed by atoms with Crippen molar-refractivity contribution in [1.29, 1.82) is 0 Å².